The van der Waals surface area contributed by atoms with Crippen molar-refractivity contribution in [2.45, 2.75) is 38.8 Å². The van der Waals surface area contributed by atoms with E-state index in [1.54, 1.807) is 24.3 Å². The Hall–Kier alpha value is -4.56. The number of ketones is 1. The first-order valence-corrected chi connectivity index (χ1v) is 13.5. The number of aromatic amines is 1. The number of nitrogens with one attached hydrogen (secondary N) is 3. The van der Waals surface area contributed by atoms with E-state index in [-0.39, 0.29) is 17.6 Å². The van der Waals surface area contributed by atoms with Crippen molar-refractivity contribution in [1.29, 1.82) is 0 Å². The maximum Gasteiger partial charge on any atom is 0.250 e. The van der Waals surface area contributed by atoms with Gasteiger partial charge in [0.05, 0.1) is 17.5 Å². The molecule has 0 bridgehead atoms. The number of hydrogen-bond acceptors (Lipinski definition) is 5. The van der Waals surface area contributed by atoms with Gasteiger partial charge in [0.15, 0.2) is 5.78 Å². The van der Waals surface area contributed by atoms with Gasteiger partial charge in [-0.25, -0.2) is 4.90 Å². The summed E-state index contributed by atoms with van der Waals surface area (Å²) in [6.45, 7) is 5.40. The SMILES string of the molecule is CC(=O)c1ccc(N2C(=O)[C@@H]3[C@H](Cc4c[nH]c5ccccc45)N[C@]4(C(=O)Nc5c4ccc(C)c5C)[C@@H]3C2=O)cc1. The second-order valence-electron chi connectivity index (χ2n) is 11.1. The molecule has 200 valence electrons. The minimum absolute atomic E-state index is 0.102. The summed E-state index contributed by atoms with van der Waals surface area (Å²) >= 11 is 0. The van der Waals surface area contributed by atoms with E-state index in [1.807, 2.05) is 56.4 Å². The van der Waals surface area contributed by atoms with Crippen LogP contribution in [0.4, 0.5) is 11.4 Å². The van der Waals surface area contributed by atoms with Crippen LogP contribution in [0.15, 0.2) is 66.9 Å². The zero-order chi connectivity index (χ0) is 27.9. The van der Waals surface area contributed by atoms with Gasteiger partial charge in [-0.15, -0.1) is 0 Å². The molecule has 3 aliphatic rings. The van der Waals surface area contributed by atoms with Crippen molar-refractivity contribution >= 4 is 45.8 Å². The normalized spacial score (nSPS) is 25.1. The summed E-state index contributed by atoms with van der Waals surface area (Å²) in [5.41, 5.74) is 4.88. The highest BCUT2D eigenvalue weighted by atomic mass is 16.2. The fraction of sp³-hybridized carbons (Fsp3) is 0.250. The smallest absolute Gasteiger partial charge is 0.250 e. The number of hydrogen-bond donors (Lipinski definition) is 3. The third-order valence-corrected chi connectivity index (χ3v) is 9.07. The minimum Gasteiger partial charge on any atom is -0.361 e. The second kappa shape index (κ2) is 8.47. The van der Waals surface area contributed by atoms with Gasteiger partial charge in [0, 0.05) is 40.0 Å². The van der Waals surface area contributed by atoms with Crippen LogP contribution in [0.2, 0.25) is 0 Å². The van der Waals surface area contributed by atoms with Crippen LogP contribution < -0.4 is 15.5 Å². The zero-order valence-electron chi connectivity index (χ0n) is 22.4. The molecule has 40 heavy (non-hydrogen) atoms. The molecule has 2 fully saturated rings. The number of aromatic nitrogens is 1. The van der Waals surface area contributed by atoms with Crippen LogP contribution in [0, 0.1) is 25.7 Å². The van der Waals surface area contributed by atoms with Crippen molar-refractivity contribution < 1.29 is 19.2 Å². The summed E-state index contributed by atoms with van der Waals surface area (Å²) in [5, 5.41) is 7.63. The van der Waals surface area contributed by atoms with Crippen LogP contribution in [-0.4, -0.2) is 34.5 Å². The van der Waals surface area contributed by atoms with Gasteiger partial charge in [0.1, 0.15) is 5.54 Å². The molecular formula is C32H28N4O4. The molecule has 4 aromatic rings. The number of aryl methyl sites for hydroxylation is 1. The summed E-state index contributed by atoms with van der Waals surface area (Å²) in [5.74, 6) is -2.86. The van der Waals surface area contributed by atoms with Gasteiger partial charge in [-0.3, -0.25) is 24.5 Å². The maximum absolute atomic E-state index is 14.3. The molecule has 1 spiro atoms. The minimum atomic E-state index is -1.38. The Kier molecular flexibility index (Phi) is 5.18. The van der Waals surface area contributed by atoms with Crippen LogP contribution in [0.5, 0.6) is 0 Å². The number of imide groups is 1. The van der Waals surface area contributed by atoms with Gasteiger partial charge >= 0.3 is 0 Å². The van der Waals surface area contributed by atoms with E-state index in [1.165, 1.54) is 11.8 Å². The van der Waals surface area contributed by atoms with Gasteiger partial charge in [0.2, 0.25) is 17.7 Å². The summed E-state index contributed by atoms with van der Waals surface area (Å²) in [6, 6.07) is 17.8. The summed E-state index contributed by atoms with van der Waals surface area (Å²) in [7, 11) is 0. The molecule has 3 aliphatic heterocycles. The van der Waals surface area contributed by atoms with Crippen LogP contribution in [0.3, 0.4) is 0 Å². The van der Waals surface area contributed by atoms with E-state index in [4.69, 9.17) is 0 Å². The lowest BCUT2D eigenvalue weighted by molar-refractivity contribution is -0.130. The lowest BCUT2D eigenvalue weighted by Gasteiger charge is -2.29. The van der Waals surface area contributed by atoms with Gasteiger partial charge in [0.25, 0.3) is 0 Å². The molecule has 4 heterocycles. The highest BCUT2D eigenvalue weighted by molar-refractivity contribution is 6.26. The first-order valence-electron chi connectivity index (χ1n) is 13.5. The van der Waals surface area contributed by atoms with Crippen LogP contribution in [0.25, 0.3) is 10.9 Å². The van der Waals surface area contributed by atoms with Crippen LogP contribution in [-0.2, 0) is 26.3 Å². The van der Waals surface area contributed by atoms with Crippen molar-refractivity contribution in [2.24, 2.45) is 11.8 Å². The molecule has 0 aliphatic carbocycles. The molecule has 2 saturated heterocycles. The molecule has 8 heteroatoms. The largest absolute Gasteiger partial charge is 0.361 e. The molecule has 4 atom stereocenters. The Labute approximate surface area is 230 Å². The number of anilines is 2. The molecule has 0 radical (unpaired) electrons. The molecule has 8 nitrogen and oxygen atoms in total. The van der Waals surface area contributed by atoms with Gasteiger partial charge in [-0.2, -0.15) is 0 Å². The molecular weight excluding hydrogens is 504 g/mol. The lowest BCUT2D eigenvalue weighted by Crippen LogP contribution is -2.53. The Morgan fingerprint density at radius 1 is 0.950 bits per heavy atom. The van der Waals surface area contributed by atoms with E-state index in [2.05, 4.69) is 15.6 Å². The third kappa shape index (κ3) is 3.17. The Morgan fingerprint density at radius 3 is 2.45 bits per heavy atom. The fourth-order valence-electron chi connectivity index (χ4n) is 6.93. The zero-order valence-corrected chi connectivity index (χ0v) is 22.4. The summed E-state index contributed by atoms with van der Waals surface area (Å²) in [4.78, 5) is 58.7. The monoisotopic (exact) mass is 532 g/mol. The molecule has 0 unspecified atom stereocenters. The number of amides is 3. The molecule has 0 saturated carbocycles. The van der Waals surface area contributed by atoms with Crippen molar-refractivity contribution in [3.8, 4) is 0 Å². The first kappa shape index (κ1) is 24.5. The number of carbonyl (C=O) groups is 4. The summed E-state index contributed by atoms with van der Waals surface area (Å²) in [6.07, 6.45) is 2.39. The van der Waals surface area contributed by atoms with Crippen molar-refractivity contribution in [3.63, 3.8) is 0 Å². The van der Waals surface area contributed by atoms with Crippen molar-refractivity contribution in [2.75, 3.05) is 10.2 Å². The van der Waals surface area contributed by atoms with E-state index in [0.29, 0.717) is 28.9 Å². The molecule has 3 aromatic carbocycles. The van der Waals surface area contributed by atoms with E-state index in [0.717, 1.165) is 27.6 Å². The topological polar surface area (TPSA) is 111 Å². The van der Waals surface area contributed by atoms with Crippen LogP contribution >= 0.6 is 0 Å². The number of benzene rings is 3. The number of para-hydroxylation sites is 1. The average Bonchev–Trinajstić information content (AvgIpc) is 3.65. The average molecular weight is 533 g/mol. The number of nitrogens with zero attached hydrogens (tertiary/aromatic N) is 1. The number of H-pyrrole nitrogens is 1. The Morgan fingerprint density at radius 2 is 1.70 bits per heavy atom. The Bertz CT molecular complexity index is 1770. The number of Topliss-reactive ketones (excluding diaryl/α,β-unsaturated/α-hetero) is 1. The highest BCUT2D eigenvalue weighted by Crippen LogP contribution is 2.54. The molecule has 3 amide bonds. The fourth-order valence-corrected chi connectivity index (χ4v) is 6.93. The maximum atomic E-state index is 14.3. The van der Waals surface area contributed by atoms with Gasteiger partial charge in [-0.05, 0) is 74.2 Å². The summed E-state index contributed by atoms with van der Waals surface area (Å²) < 4.78 is 0. The first-order chi connectivity index (χ1) is 19.2. The van der Waals surface area contributed by atoms with Gasteiger partial charge in [-0.1, -0.05) is 30.3 Å². The lowest BCUT2D eigenvalue weighted by atomic mass is 9.75. The van der Waals surface area contributed by atoms with E-state index >= 15 is 0 Å². The van der Waals surface area contributed by atoms with Crippen molar-refractivity contribution in [1.82, 2.24) is 10.3 Å². The number of carbonyl (C=O) groups excluding carboxylic acids is 4. The molecule has 3 N–H and O–H groups in total. The van der Waals surface area contributed by atoms with Crippen molar-refractivity contribution in [3.05, 3.63) is 94.7 Å². The second-order valence-corrected chi connectivity index (χ2v) is 11.1. The highest BCUT2D eigenvalue weighted by Gasteiger charge is 2.70. The van der Waals surface area contributed by atoms with E-state index < -0.39 is 29.3 Å². The standard InChI is InChI=1S/C32H28N4O4/c1-16-8-13-23-28(17(16)2)34-31(40)32(23)27-26(25(35-32)14-20-15-33-24-7-5-4-6-22(20)24)29(38)36(30(27)39)21-11-9-19(10-12-21)18(3)37/h4-13,15,25-27,33,35H,14H2,1-3H3,(H,34,40)/t25-,26+,27-,32-/m0/s1. The predicted molar refractivity (Wildman–Crippen MR) is 151 cm³/mol. The van der Waals surface area contributed by atoms with Crippen LogP contribution in [0.1, 0.15) is 39.5 Å². The quantitative estimate of drug-likeness (QED) is 0.270. The van der Waals surface area contributed by atoms with Gasteiger partial charge < -0.3 is 10.3 Å². The Balaban J connectivity index is 1.37. The third-order valence-electron chi connectivity index (χ3n) is 9.07. The molecule has 7 rings (SSSR count). The van der Waals surface area contributed by atoms with E-state index in [9.17, 15) is 19.2 Å². The molecule has 1 aromatic heterocycles. The predicted octanol–water partition coefficient (Wildman–Crippen LogP) is 4.16. The number of fused-ring (bicyclic) bond motifs is 5. The number of rotatable bonds is 4.